The number of amides is 1. The summed E-state index contributed by atoms with van der Waals surface area (Å²) >= 11 is 0. The molecule has 1 aliphatic rings. The van der Waals surface area contributed by atoms with Crippen LogP contribution in [0.4, 0.5) is 0 Å². The van der Waals surface area contributed by atoms with Crippen LogP contribution >= 0.6 is 0 Å². The number of fused-ring (bicyclic) bond motifs is 1. The minimum Gasteiger partial charge on any atom is -0.449 e. The minimum absolute atomic E-state index is 0.00500. The van der Waals surface area contributed by atoms with Gasteiger partial charge in [-0.3, -0.25) is 4.79 Å². The molecule has 1 fully saturated rings. The third-order valence-electron chi connectivity index (χ3n) is 5.07. The van der Waals surface area contributed by atoms with Gasteiger partial charge in [0.25, 0.3) is 5.91 Å². The SMILES string of the molecule is CCOCc1c(C(=O)O[C@@H](C)C(=O)N(C)[C@@H]2CCS(=O)(=O)C2)oc2ccccc12. The maximum Gasteiger partial charge on any atom is 0.375 e. The smallest absolute Gasteiger partial charge is 0.375 e. The van der Waals surface area contributed by atoms with Gasteiger partial charge in [-0.15, -0.1) is 0 Å². The van der Waals surface area contributed by atoms with Gasteiger partial charge < -0.3 is 18.8 Å². The van der Waals surface area contributed by atoms with Crippen molar-refractivity contribution in [3.05, 3.63) is 35.6 Å². The van der Waals surface area contributed by atoms with Gasteiger partial charge in [0, 0.05) is 30.6 Å². The van der Waals surface area contributed by atoms with Gasteiger partial charge in [0.15, 0.2) is 15.9 Å². The summed E-state index contributed by atoms with van der Waals surface area (Å²) in [6.45, 7) is 3.96. The van der Waals surface area contributed by atoms with Crippen molar-refractivity contribution in [1.29, 1.82) is 0 Å². The molecule has 0 saturated carbocycles. The number of carbonyl (C=O) groups is 2. The van der Waals surface area contributed by atoms with Gasteiger partial charge in [0.2, 0.25) is 5.76 Å². The van der Waals surface area contributed by atoms with Gasteiger partial charge in [0.05, 0.1) is 18.1 Å². The fourth-order valence-corrected chi connectivity index (χ4v) is 5.20. The first-order chi connectivity index (χ1) is 13.7. The number of rotatable bonds is 7. The zero-order valence-electron chi connectivity index (χ0n) is 16.7. The molecule has 1 aliphatic heterocycles. The Morgan fingerprint density at radius 3 is 2.69 bits per heavy atom. The molecule has 3 rings (SSSR count). The lowest BCUT2D eigenvalue weighted by Crippen LogP contribution is -2.44. The Morgan fingerprint density at radius 2 is 2.03 bits per heavy atom. The molecule has 0 radical (unpaired) electrons. The Morgan fingerprint density at radius 1 is 1.31 bits per heavy atom. The summed E-state index contributed by atoms with van der Waals surface area (Å²) in [6.07, 6.45) is -0.697. The van der Waals surface area contributed by atoms with Gasteiger partial charge in [-0.25, -0.2) is 13.2 Å². The number of sulfone groups is 1. The number of para-hydroxylation sites is 1. The summed E-state index contributed by atoms with van der Waals surface area (Å²) < 4.78 is 39.8. The minimum atomic E-state index is -3.13. The van der Waals surface area contributed by atoms with Crippen LogP contribution in [0.2, 0.25) is 0 Å². The molecule has 2 aromatic rings. The second kappa shape index (κ2) is 8.54. The van der Waals surface area contributed by atoms with Crippen LogP contribution in [0.25, 0.3) is 11.0 Å². The van der Waals surface area contributed by atoms with Gasteiger partial charge in [-0.1, -0.05) is 18.2 Å². The summed E-state index contributed by atoms with van der Waals surface area (Å²) in [5, 5.41) is 0.750. The van der Waals surface area contributed by atoms with Crippen LogP contribution in [0.5, 0.6) is 0 Å². The standard InChI is InChI=1S/C20H25NO7S/c1-4-26-11-16-15-7-5-6-8-17(15)28-18(16)20(23)27-13(2)19(22)21(3)14-9-10-29(24,25)12-14/h5-8,13-14H,4,9-12H2,1-3H3/t13-,14+/m0/s1. The molecule has 1 aromatic heterocycles. The lowest BCUT2D eigenvalue weighted by Gasteiger charge is -2.26. The zero-order valence-corrected chi connectivity index (χ0v) is 17.5. The molecule has 1 aromatic carbocycles. The highest BCUT2D eigenvalue weighted by atomic mass is 32.2. The van der Waals surface area contributed by atoms with Crippen LogP contribution in [-0.2, 0) is 30.7 Å². The molecule has 1 amide bonds. The second-order valence-corrected chi connectivity index (χ2v) is 9.33. The third-order valence-corrected chi connectivity index (χ3v) is 6.82. The van der Waals surface area contributed by atoms with E-state index in [2.05, 4.69) is 0 Å². The molecular weight excluding hydrogens is 398 g/mol. The number of carbonyl (C=O) groups excluding carboxylic acids is 2. The third kappa shape index (κ3) is 4.62. The topological polar surface area (TPSA) is 103 Å². The molecule has 0 N–H and O–H groups in total. The van der Waals surface area contributed by atoms with Crippen LogP contribution in [-0.4, -0.2) is 62.5 Å². The van der Waals surface area contributed by atoms with Gasteiger partial charge in [-0.05, 0) is 26.3 Å². The number of esters is 1. The molecule has 0 unspecified atom stereocenters. The van der Waals surface area contributed by atoms with Crippen LogP contribution in [0.3, 0.4) is 0 Å². The van der Waals surface area contributed by atoms with Gasteiger partial charge >= 0.3 is 5.97 Å². The van der Waals surface area contributed by atoms with Crippen molar-refractivity contribution < 1.29 is 31.9 Å². The molecule has 2 heterocycles. The highest BCUT2D eigenvalue weighted by molar-refractivity contribution is 7.91. The van der Waals surface area contributed by atoms with E-state index in [4.69, 9.17) is 13.9 Å². The maximum absolute atomic E-state index is 12.7. The molecular formula is C20H25NO7S. The second-order valence-electron chi connectivity index (χ2n) is 7.10. The lowest BCUT2D eigenvalue weighted by molar-refractivity contribution is -0.140. The molecule has 2 atom stereocenters. The summed E-state index contributed by atoms with van der Waals surface area (Å²) in [5.74, 6) is -1.22. The van der Waals surface area contributed by atoms with Gasteiger partial charge in [-0.2, -0.15) is 0 Å². The van der Waals surface area contributed by atoms with Crippen LogP contribution in [0.15, 0.2) is 28.7 Å². The average molecular weight is 423 g/mol. The fraction of sp³-hybridized carbons (Fsp3) is 0.500. The normalized spacial score (nSPS) is 19.2. The zero-order chi connectivity index (χ0) is 21.2. The molecule has 0 spiro atoms. The van der Waals surface area contributed by atoms with E-state index in [9.17, 15) is 18.0 Å². The Bertz CT molecular complexity index is 1010. The largest absolute Gasteiger partial charge is 0.449 e. The first-order valence-electron chi connectivity index (χ1n) is 9.49. The molecule has 8 nitrogen and oxygen atoms in total. The number of hydrogen-bond donors (Lipinski definition) is 0. The van der Waals surface area contributed by atoms with Crippen molar-refractivity contribution in [2.45, 2.75) is 39.0 Å². The van der Waals surface area contributed by atoms with E-state index in [1.54, 1.807) is 12.1 Å². The Hall–Kier alpha value is -2.39. The predicted molar refractivity (Wildman–Crippen MR) is 106 cm³/mol. The summed E-state index contributed by atoms with van der Waals surface area (Å²) in [6, 6.07) is 6.78. The predicted octanol–water partition coefficient (Wildman–Crippen LogP) is 2.16. The number of nitrogens with zero attached hydrogens (tertiary/aromatic N) is 1. The summed E-state index contributed by atoms with van der Waals surface area (Å²) in [4.78, 5) is 26.7. The average Bonchev–Trinajstić information content (AvgIpc) is 3.25. The molecule has 1 saturated heterocycles. The van der Waals surface area contributed by atoms with Crippen LogP contribution in [0.1, 0.15) is 36.4 Å². The summed E-state index contributed by atoms with van der Waals surface area (Å²) in [5.41, 5.74) is 1.10. The van der Waals surface area contributed by atoms with E-state index in [-0.39, 0.29) is 23.9 Å². The molecule has 0 bridgehead atoms. The highest BCUT2D eigenvalue weighted by Crippen LogP contribution is 2.28. The van der Waals surface area contributed by atoms with Crippen molar-refractivity contribution >= 4 is 32.7 Å². The van der Waals surface area contributed by atoms with E-state index in [0.717, 1.165) is 5.39 Å². The monoisotopic (exact) mass is 423 g/mol. The molecule has 158 valence electrons. The number of benzene rings is 1. The number of ether oxygens (including phenoxy) is 2. The van der Waals surface area contributed by atoms with Crippen LogP contribution in [0, 0.1) is 0 Å². The van der Waals surface area contributed by atoms with E-state index in [1.807, 2.05) is 19.1 Å². The lowest BCUT2D eigenvalue weighted by atomic mass is 10.1. The Kier molecular flexibility index (Phi) is 6.28. The Labute approximate surface area is 169 Å². The first kappa shape index (κ1) is 21.3. The quantitative estimate of drug-likeness (QED) is 0.629. The maximum atomic E-state index is 12.7. The van der Waals surface area contributed by atoms with E-state index < -0.39 is 33.9 Å². The van der Waals surface area contributed by atoms with Gasteiger partial charge in [0.1, 0.15) is 5.58 Å². The molecule has 0 aliphatic carbocycles. The van der Waals surface area contributed by atoms with E-state index in [1.165, 1.54) is 18.9 Å². The highest BCUT2D eigenvalue weighted by Gasteiger charge is 2.35. The Balaban J connectivity index is 1.74. The number of likely N-dealkylation sites (N-methyl/N-ethyl adjacent to an activating group) is 1. The fourth-order valence-electron chi connectivity index (χ4n) is 3.42. The van der Waals surface area contributed by atoms with Crippen molar-refractivity contribution in [2.24, 2.45) is 0 Å². The first-order valence-corrected chi connectivity index (χ1v) is 11.3. The molecule has 29 heavy (non-hydrogen) atoms. The van der Waals surface area contributed by atoms with Crippen molar-refractivity contribution in [1.82, 2.24) is 4.90 Å². The van der Waals surface area contributed by atoms with Crippen LogP contribution < -0.4 is 0 Å². The van der Waals surface area contributed by atoms with Crippen molar-refractivity contribution in [3.63, 3.8) is 0 Å². The van der Waals surface area contributed by atoms with Crippen molar-refractivity contribution in [3.8, 4) is 0 Å². The van der Waals surface area contributed by atoms with E-state index >= 15 is 0 Å². The number of furan rings is 1. The number of hydrogen-bond acceptors (Lipinski definition) is 7. The van der Waals surface area contributed by atoms with E-state index in [0.29, 0.717) is 24.2 Å². The summed E-state index contributed by atoms with van der Waals surface area (Å²) in [7, 11) is -1.60. The molecule has 9 heteroatoms. The van der Waals surface area contributed by atoms with Crippen molar-refractivity contribution in [2.75, 3.05) is 25.2 Å².